The van der Waals surface area contributed by atoms with Gasteiger partial charge in [0.15, 0.2) is 0 Å². The number of carbonyl (C=O) groups is 1. The van der Waals surface area contributed by atoms with E-state index >= 15 is 0 Å². The maximum absolute atomic E-state index is 13.5. The largest absolute Gasteiger partial charge is 0.340 e. The maximum Gasteiger partial charge on any atom is 0.219 e. The molecule has 0 saturated heterocycles. The van der Waals surface area contributed by atoms with Gasteiger partial charge in [-0.25, -0.2) is 9.07 Å². The predicted molar refractivity (Wildman–Crippen MR) is 63.5 cm³/mol. The summed E-state index contributed by atoms with van der Waals surface area (Å²) in [5.74, 6) is -0.427. The Balaban J connectivity index is 2.21. The van der Waals surface area contributed by atoms with Gasteiger partial charge in [0, 0.05) is 14.0 Å². The van der Waals surface area contributed by atoms with Crippen molar-refractivity contribution in [2.75, 3.05) is 7.05 Å². The van der Waals surface area contributed by atoms with Crippen molar-refractivity contribution in [2.24, 2.45) is 0 Å². The molecule has 0 aliphatic carbocycles. The molecule has 0 aliphatic rings. The molecule has 1 aromatic carbocycles. The van der Waals surface area contributed by atoms with Crippen molar-refractivity contribution in [3.05, 3.63) is 42.0 Å². The Hall–Kier alpha value is -2.24. The zero-order chi connectivity index (χ0) is 13.1. The van der Waals surface area contributed by atoms with Crippen LogP contribution in [0.15, 0.2) is 30.5 Å². The van der Waals surface area contributed by atoms with E-state index in [0.717, 1.165) is 0 Å². The Morgan fingerprint density at radius 3 is 2.83 bits per heavy atom. The third-order valence-corrected chi connectivity index (χ3v) is 2.58. The number of aromatic nitrogens is 3. The number of benzene rings is 1. The smallest absolute Gasteiger partial charge is 0.219 e. The zero-order valence-electron chi connectivity index (χ0n) is 10.2. The average molecular weight is 248 g/mol. The van der Waals surface area contributed by atoms with Crippen molar-refractivity contribution in [3.8, 4) is 5.69 Å². The van der Waals surface area contributed by atoms with Crippen LogP contribution in [0.5, 0.6) is 0 Å². The summed E-state index contributed by atoms with van der Waals surface area (Å²) in [5, 5.41) is 7.76. The van der Waals surface area contributed by atoms with E-state index < -0.39 is 0 Å². The van der Waals surface area contributed by atoms with Gasteiger partial charge >= 0.3 is 0 Å². The van der Waals surface area contributed by atoms with E-state index in [9.17, 15) is 9.18 Å². The summed E-state index contributed by atoms with van der Waals surface area (Å²) >= 11 is 0. The van der Waals surface area contributed by atoms with Crippen LogP contribution >= 0.6 is 0 Å². The topological polar surface area (TPSA) is 51.0 Å². The van der Waals surface area contributed by atoms with Crippen LogP contribution in [0.3, 0.4) is 0 Å². The van der Waals surface area contributed by atoms with Gasteiger partial charge in [-0.2, -0.15) is 0 Å². The van der Waals surface area contributed by atoms with E-state index in [-0.39, 0.29) is 11.7 Å². The number of amides is 1. The van der Waals surface area contributed by atoms with E-state index in [2.05, 4.69) is 10.3 Å². The lowest BCUT2D eigenvalue weighted by atomic mass is 10.3. The molecule has 0 N–H and O–H groups in total. The number of hydrogen-bond acceptors (Lipinski definition) is 3. The van der Waals surface area contributed by atoms with Crippen LogP contribution in [0.25, 0.3) is 5.69 Å². The fourth-order valence-corrected chi connectivity index (χ4v) is 1.48. The Morgan fingerprint density at radius 1 is 1.44 bits per heavy atom. The van der Waals surface area contributed by atoms with Gasteiger partial charge in [-0.15, -0.1) is 5.10 Å². The molecule has 0 aliphatic heterocycles. The van der Waals surface area contributed by atoms with Crippen LogP contribution < -0.4 is 0 Å². The Bertz CT molecular complexity index is 567. The van der Waals surface area contributed by atoms with Gasteiger partial charge in [0.25, 0.3) is 0 Å². The van der Waals surface area contributed by atoms with E-state index in [1.54, 1.807) is 31.4 Å². The average Bonchev–Trinajstić information content (AvgIpc) is 2.77. The molecule has 1 heterocycles. The molecule has 5 nitrogen and oxygen atoms in total. The molecule has 0 bridgehead atoms. The molecule has 0 spiro atoms. The van der Waals surface area contributed by atoms with Crippen molar-refractivity contribution in [1.29, 1.82) is 0 Å². The number of hydrogen-bond donors (Lipinski definition) is 0. The molecule has 1 aromatic heterocycles. The minimum Gasteiger partial charge on any atom is -0.340 e. The van der Waals surface area contributed by atoms with Crippen LogP contribution in [-0.4, -0.2) is 32.8 Å². The van der Waals surface area contributed by atoms with Gasteiger partial charge in [0.2, 0.25) is 5.91 Å². The summed E-state index contributed by atoms with van der Waals surface area (Å²) in [6, 6.07) is 6.31. The lowest BCUT2D eigenvalue weighted by Gasteiger charge is -2.11. The van der Waals surface area contributed by atoms with Gasteiger partial charge in [-0.1, -0.05) is 17.3 Å². The molecule has 1 amide bonds. The second kappa shape index (κ2) is 4.95. The van der Waals surface area contributed by atoms with Crippen LogP contribution in [0.4, 0.5) is 4.39 Å². The summed E-state index contributed by atoms with van der Waals surface area (Å²) in [4.78, 5) is 12.6. The molecule has 0 atom stereocenters. The van der Waals surface area contributed by atoms with Gasteiger partial charge in [0.1, 0.15) is 17.2 Å². The Labute approximate surface area is 104 Å². The van der Waals surface area contributed by atoms with Crippen molar-refractivity contribution in [2.45, 2.75) is 13.5 Å². The molecular formula is C12H13FN4O. The van der Waals surface area contributed by atoms with Gasteiger partial charge in [-0.05, 0) is 12.1 Å². The minimum absolute atomic E-state index is 0.0598. The van der Waals surface area contributed by atoms with Gasteiger partial charge < -0.3 is 4.90 Å². The molecule has 18 heavy (non-hydrogen) atoms. The Morgan fingerprint density at radius 2 is 2.17 bits per heavy atom. The number of rotatable bonds is 3. The lowest BCUT2D eigenvalue weighted by molar-refractivity contribution is -0.128. The first-order chi connectivity index (χ1) is 8.58. The third-order valence-electron chi connectivity index (χ3n) is 2.58. The van der Waals surface area contributed by atoms with E-state index in [1.165, 1.54) is 22.6 Å². The van der Waals surface area contributed by atoms with Gasteiger partial charge in [0.05, 0.1) is 12.7 Å². The summed E-state index contributed by atoms with van der Waals surface area (Å²) in [6.45, 7) is 1.82. The quantitative estimate of drug-likeness (QED) is 0.824. The number of carbonyl (C=O) groups excluding carboxylic acids is 1. The van der Waals surface area contributed by atoms with Crippen molar-refractivity contribution in [3.63, 3.8) is 0 Å². The third kappa shape index (κ3) is 2.53. The molecule has 94 valence electrons. The summed E-state index contributed by atoms with van der Waals surface area (Å²) < 4.78 is 14.9. The predicted octanol–water partition coefficient (Wildman–Crippen LogP) is 1.38. The second-order valence-corrected chi connectivity index (χ2v) is 3.98. The molecule has 0 unspecified atom stereocenters. The van der Waals surface area contributed by atoms with Crippen molar-refractivity contribution >= 4 is 5.91 Å². The van der Waals surface area contributed by atoms with Crippen molar-refractivity contribution in [1.82, 2.24) is 19.9 Å². The molecule has 0 radical (unpaired) electrons. The van der Waals surface area contributed by atoms with Crippen LogP contribution in [0.1, 0.15) is 12.6 Å². The van der Waals surface area contributed by atoms with Gasteiger partial charge in [-0.3, -0.25) is 4.79 Å². The Kier molecular flexibility index (Phi) is 3.36. The molecule has 6 heteroatoms. The molecule has 0 fully saturated rings. The monoisotopic (exact) mass is 248 g/mol. The molecule has 2 aromatic rings. The standard InChI is InChI=1S/C12H13FN4O/c1-9(18)16(2)7-10-8-17(15-14-10)12-6-4-3-5-11(12)13/h3-6,8H,7H2,1-2H3. The second-order valence-electron chi connectivity index (χ2n) is 3.98. The number of nitrogens with zero attached hydrogens (tertiary/aromatic N) is 4. The first kappa shape index (κ1) is 12.2. The summed E-state index contributed by atoms with van der Waals surface area (Å²) in [7, 11) is 1.67. The maximum atomic E-state index is 13.5. The van der Waals surface area contributed by atoms with Crippen LogP contribution in [-0.2, 0) is 11.3 Å². The zero-order valence-corrected chi connectivity index (χ0v) is 10.2. The van der Waals surface area contributed by atoms with Crippen LogP contribution in [0, 0.1) is 5.82 Å². The summed E-state index contributed by atoms with van der Waals surface area (Å²) in [5.41, 5.74) is 0.942. The minimum atomic E-state index is -0.367. The first-order valence-electron chi connectivity index (χ1n) is 5.46. The van der Waals surface area contributed by atoms with Crippen molar-refractivity contribution < 1.29 is 9.18 Å². The number of halogens is 1. The fraction of sp³-hybridized carbons (Fsp3) is 0.250. The highest BCUT2D eigenvalue weighted by atomic mass is 19.1. The molecule has 2 rings (SSSR count). The molecule has 0 saturated carbocycles. The normalized spacial score (nSPS) is 10.4. The first-order valence-corrected chi connectivity index (χ1v) is 5.46. The van der Waals surface area contributed by atoms with E-state index in [0.29, 0.717) is 17.9 Å². The molecular weight excluding hydrogens is 235 g/mol. The van der Waals surface area contributed by atoms with E-state index in [4.69, 9.17) is 0 Å². The SMILES string of the molecule is CC(=O)N(C)Cc1cn(-c2ccccc2F)nn1. The highest BCUT2D eigenvalue weighted by Gasteiger charge is 2.09. The van der Waals surface area contributed by atoms with E-state index in [1.807, 2.05) is 0 Å². The highest BCUT2D eigenvalue weighted by molar-refractivity contribution is 5.72. The number of para-hydroxylation sites is 1. The van der Waals surface area contributed by atoms with Crippen LogP contribution in [0.2, 0.25) is 0 Å². The summed E-state index contributed by atoms with van der Waals surface area (Å²) in [6.07, 6.45) is 1.61. The lowest BCUT2D eigenvalue weighted by Crippen LogP contribution is -2.23. The fourth-order valence-electron chi connectivity index (χ4n) is 1.48. The highest BCUT2D eigenvalue weighted by Crippen LogP contribution is 2.11.